The van der Waals surface area contributed by atoms with Crippen LogP contribution in [0, 0.1) is 0 Å². The van der Waals surface area contributed by atoms with Crippen LogP contribution in [0.2, 0.25) is 0 Å². The molecule has 2 aliphatic rings. The maximum Gasteiger partial charge on any atom is 0.245 e. The van der Waals surface area contributed by atoms with Crippen LogP contribution in [0.4, 0.5) is 0 Å². The second-order valence-corrected chi connectivity index (χ2v) is 7.17. The molecule has 0 unspecified atom stereocenters. The Labute approximate surface area is 150 Å². The lowest BCUT2D eigenvalue weighted by atomic mass is 10.0. The number of hydrogen-bond acceptors (Lipinski definition) is 4. The van der Waals surface area contributed by atoms with Crippen molar-refractivity contribution in [3.8, 4) is 0 Å². The van der Waals surface area contributed by atoms with Gasteiger partial charge in [0.1, 0.15) is 12.1 Å². The number of piperazine rings is 1. The predicted octanol–water partition coefficient (Wildman–Crippen LogP) is 0.664. The average Bonchev–Trinajstić information content (AvgIpc) is 2.96. The maximum absolute atomic E-state index is 13.4. The molecule has 2 amide bonds. The predicted molar refractivity (Wildman–Crippen MR) is 97.1 cm³/mol. The van der Waals surface area contributed by atoms with E-state index in [-0.39, 0.29) is 23.9 Å². The highest BCUT2D eigenvalue weighted by atomic mass is 16.2. The lowest BCUT2D eigenvalue weighted by Gasteiger charge is -2.39. The standard InChI is InChI=1S/C19H28N4O2/c1-20-11-13-23(14-12-20)17(15-7-5-4-6-8-15)19(25)22(3)16-9-10-21(2)18(16)24/h4-8,16-17H,9-14H2,1-3H3/t16-,17+/m0/s1. The van der Waals surface area contributed by atoms with Crippen molar-refractivity contribution < 1.29 is 9.59 Å². The van der Waals surface area contributed by atoms with Crippen LogP contribution in [0.25, 0.3) is 0 Å². The largest absolute Gasteiger partial charge is 0.344 e. The summed E-state index contributed by atoms with van der Waals surface area (Å²) in [7, 11) is 5.68. The molecular formula is C19H28N4O2. The minimum absolute atomic E-state index is 0.0180. The van der Waals surface area contributed by atoms with Gasteiger partial charge in [-0.15, -0.1) is 0 Å². The van der Waals surface area contributed by atoms with Crippen molar-refractivity contribution in [3.05, 3.63) is 35.9 Å². The quantitative estimate of drug-likeness (QED) is 0.805. The van der Waals surface area contributed by atoms with Gasteiger partial charge in [-0.25, -0.2) is 0 Å². The van der Waals surface area contributed by atoms with Crippen LogP contribution in [0.15, 0.2) is 30.3 Å². The molecule has 0 spiro atoms. The molecule has 25 heavy (non-hydrogen) atoms. The van der Waals surface area contributed by atoms with Crippen molar-refractivity contribution in [3.63, 3.8) is 0 Å². The molecule has 2 saturated heterocycles. The normalized spacial score (nSPS) is 23.7. The summed E-state index contributed by atoms with van der Waals surface area (Å²) in [5.74, 6) is 0.0606. The van der Waals surface area contributed by atoms with E-state index in [4.69, 9.17) is 0 Å². The molecule has 3 rings (SSSR count). The van der Waals surface area contributed by atoms with E-state index in [1.165, 1.54) is 0 Å². The Kier molecular flexibility index (Phi) is 5.39. The van der Waals surface area contributed by atoms with E-state index in [9.17, 15) is 9.59 Å². The van der Waals surface area contributed by atoms with Crippen LogP contribution >= 0.6 is 0 Å². The van der Waals surface area contributed by atoms with Crippen LogP contribution in [0.3, 0.4) is 0 Å². The lowest BCUT2D eigenvalue weighted by molar-refractivity contribution is -0.144. The number of likely N-dealkylation sites (tertiary alicyclic amines) is 1. The third kappa shape index (κ3) is 3.70. The first-order valence-corrected chi connectivity index (χ1v) is 8.98. The van der Waals surface area contributed by atoms with Crippen molar-refractivity contribution in [2.45, 2.75) is 18.5 Å². The molecule has 1 aromatic carbocycles. The van der Waals surface area contributed by atoms with Gasteiger partial charge < -0.3 is 14.7 Å². The first-order chi connectivity index (χ1) is 12.0. The van der Waals surface area contributed by atoms with Gasteiger partial charge in [-0.3, -0.25) is 14.5 Å². The third-order valence-corrected chi connectivity index (χ3v) is 5.47. The molecule has 6 nitrogen and oxygen atoms in total. The van der Waals surface area contributed by atoms with Crippen molar-refractivity contribution in [1.29, 1.82) is 0 Å². The zero-order chi connectivity index (χ0) is 18.0. The highest BCUT2D eigenvalue weighted by Gasteiger charge is 2.39. The Morgan fingerprint density at radius 3 is 2.28 bits per heavy atom. The van der Waals surface area contributed by atoms with E-state index < -0.39 is 0 Å². The first-order valence-electron chi connectivity index (χ1n) is 8.98. The maximum atomic E-state index is 13.4. The van der Waals surface area contributed by atoms with Crippen LogP contribution in [0.5, 0.6) is 0 Å². The highest BCUT2D eigenvalue weighted by molar-refractivity contribution is 5.91. The Bertz CT molecular complexity index is 613. The molecule has 0 aromatic heterocycles. The van der Waals surface area contributed by atoms with E-state index >= 15 is 0 Å². The molecule has 0 saturated carbocycles. The van der Waals surface area contributed by atoms with Crippen LogP contribution < -0.4 is 0 Å². The molecule has 2 fully saturated rings. The minimum Gasteiger partial charge on any atom is -0.344 e. The Morgan fingerprint density at radius 2 is 1.72 bits per heavy atom. The minimum atomic E-state index is -0.337. The van der Waals surface area contributed by atoms with Gasteiger partial charge >= 0.3 is 0 Å². The highest BCUT2D eigenvalue weighted by Crippen LogP contribution is 2.26. The summed E-state index contributed by atoms with van der Waals surface area (Å²) >= 11 is 0. The van der Waals surface area contributed by atoms with Crippen molar-refractivity contribution in [1.82, 2.24) is 19.6 Å². The van der Waals surface area contributed by atoms with Crippen molar-refractivity contribution in [2.75, 3.05) is 53.9 Å². The molecule has 2 atom stereocenters. The number of likely N-dealkylation sites (N-methyl/N-ethyl adjacent to an activating group) is 3. The molecule has 2 aliphatic heterocycles. The Balaban J connectivity index is 1.83. The van der Waals surface area contributed by atoms with Crippen LogP contribution in [-0.4, -0.2) is 91.3 Å². The SMILES string of the molecule is CN1CCN([C@@H](C(=O)N(C)[C@H]2CCN(C)C2=O)c2ccccc2)CC1. The van der Waals surface area contributed by atoms with E-state index in [1.54, 1.807) is 23.9 Å². The zero-order valence-electron chi connectivity index (χ0n) is 15.4. The first kappa shape index (κ1) is 17.9. The monoisotopic (exact) mass is 344 g/mol. The summed E-state index contributed by atoms with van der Waals surface area (Å²) in [5.41, 5.74) is 1.00. The average molecular weight is 344 g/mol. The van der Waals surface area contributed by atoms with Gasteiger partial charge in [0.25, 0.3) is 0 Å². The molecule has 0 bridgehead atoms. The number of rotatable bonds is 4. The van der Waals surface area contributed by atoms with E-state index in [2.05, 4.69) is 16.8 Å². The van der Waals surface area contributed by atoms with E-state index in [0.29, 0.717) is 13.0 Å². The molecule has 0 radical (unpaired) electrons. The second kappa shape index (κ2) is 7.54. The molecule has 6 heteroatoms. The summed E-state index contributed by atoms with van der Waals surface area (Å²) in [5, 5.41) is 0. The van der Waals surface area contributed by atoms with Gasteiger partial charge in [0.2, 0.25) is 11.8 Å². The third-order valence-electron chi connectivity index (χ3n) is 5.47. The Hall–Kier alpha value is -1.92. The lowest BCUT2D eigenvalue weighted by Crippen LogP contribution is -2.52. The summed E-state index contributed by atoms with van der Waals surface area (Å²) in [6.45, 7) is 4.32. The molecule has 1 aromatic rings. The van der Waals surface area contributed by atoms with Crippen LogP contribution in [-0.2, 0) is 9.59 Å². The fourth-order valence-corrected chi connectivity index (χ4v) is 3.73. The number of carbonyl (C=O) groups excluding carboxylic acids is 2. The van der Waals surface area contributed by atoms with Crippen molar-refractivity contribution in [2.24, 2.45) is 0 Å². The number of amides is 2. The van der Waals surface area contributed by atoms with Crippen LogP contribution in [0.1, 0.15) is 18.0 Å². The molecule has 2 heterocycles. The number of benzene rings is 1. The topological polar surface area (TPSA) is 47.1 Å². The summed E-state index contributed by atoms with van der Waals surface area (Å²) < 4.78 is 0. The van der Waals surface area contributed by atoms with E-state index in [0.717, 1.165) is 31.7 Å². The number of nitrogens with zero attached hydrogens (tertiary/aromatic N) is 4. The Morgan fingerprint density at radius 1 is 1.08 bits per heavy atom. The molecule has 136 valence electrons. The van der Waals surface area contributed by atoms with E-state index in [1.807, 2.05) is 30.3 Å². The van der Waals surface area contributed by atoms with Gasteiger partial charge in [0, 0.05) is 46.8 Å². The summed E-state index contributed by atoms with van der Waals surface area (Å²) in [6, 6.07) is 9.28. The van der Waals surface area contributed by atoms with Gasteiger partial charge in [-0.05, 0) is 19.0 Å². The number of carbonyl (C=O) groups is 2. The second-order valence-electron chi connectivity index (χ2n) is 7.17. The zero-order valence-corrected chi connectivity index (χ0v) is 15.4. The number of hydrogen-bond donors (Lipinski definition) is 0. The summed E-state index contributed by atoms with van der Waals surface area (Å²) in [6.07, 6.45) is 0.710. The molecule has 0 N–H and O–H groups in total. The molecular weight excluding hydrogens is 316 g/mol. The van der Waals surface area contributed by atoms with Gasteiger partial charge in [-0.1, -0.05) is 30.3 Å². The van der Waals surface area contributed by atoms with Gasteiger partial charge in [0.15, 0.2) is 0 Å². The fourth-order valence-electron chi connectivity index (χ4n) is 3.73. The smallest absolute Gasteiger partial charge is 0.245 e. The molecule has 0 aliphatic carbocycles. The van der Waals surface area contributed by atoms with Gasteiger partial charge in [0.05, 0.1) is 0 Å². The fraction of sp³-hybridized carbons (Fsp3) is 0.579. The van der Waals surface area contributed by atoms with Gasteiger partial charge in [-0.2, -0.15) is 0 Å². The summed E-state index contributed by atoms with van der Waals surface area (Å²) in [4.78, 5) is 33.6. The van der Waals surface area contributed by atoms with Crippen molar-refractivity contribution >= 4 is 11.8 Å².